The van der Waals surface area contributed by atoms with Crippen molar-refractivity contribution in [1.82, 2.24) is 0 Å². The summed E-state index contributed by atoms with van der Waals surface area (Å²) in [6.07, 6.45) is 2.65. The van der Waals surface area contributed by atoms with Crippen LogP contribution in [0.15, 0.2) is 43.2 Å². The highest BCUT2D eigenvalue weighted by atomic mass is 16.5. The highest BCUT2D eigenvalue weighted by Crippen LogP contribution is 2.17. The van der Waals surface area contributed by atoms with Crippen LogP contribution in [-0.4, -0.2) is 11.9 Å². The first kappa shape index (κ1) is 16.0. The number of ether oxygens (including phenoxy) is 2. The van der Waals surface area contributed by atoms with Gasteiger partial charge in [0.25, 0.3) is 0 Å². The van der Waals surface area contributed by atoms with Crippen molar-refractivity contribution in [2.75, 3.05) is 0 Å². The van der Waals surface area contributed by atoms with E-state index in [-0.39, 0.29) is 24.5 Å². The van der Waals surface area contributed by atoms with Crippen molar-refractivity contribution in [2.45, 2.75) is 38.7 Å². The number of hydrogen-bond acceptors (Lipinski definition) is 4. The summed E-state index contributed by atoms with van der Waals surface area (Å²) in [6, 6.07) is 9.57. The fraction of sp³-hybridized carbons (Fsp3) is 0.375. The van der Waals surface area contributed by atoms with Gasteiger partial charge in [0.1, 0.15) is 6.10 Å². The molecule has 0 aliphatic rings. The van der Waals surface area contributed by atoms with E-state index in [2.05, 4.69) is 11.3 Å². The van der Waals surface area contributed by atoms with Gasteiger partial charge in [0, 0.05) is 12.8 Å². The van der Waals surface area contributed by atoms with Crippen LogP contribution in [0.25, 0.3) is 0 Å². The Morgan fingerprint density at radius 1 is 1.15 bits per heavy atom. The molecular weight excluding hydrogens is 256 g/mol. The van der Waals surface area contributed by atoms with Crippen LogP contribution in [0, 0.1) is 0 Å². The van der Waals surface area contributed by atoms with Gasteiger partial charge >= 0.3 is 11.9 Å². The Morgan fingerprint density at radius 3 is 2.35 bits per heavy atom. The van der Waals surface area contributed by atoms with Crippen molar-refractivity contribution in [3.63, 3.8) is 0 Å². The number of unbranched alkanes of at least 4 members (excludes halogenated alkanes) is 1. The lowest BCUT2D eigenvalue weighted by atomic mass is 10.1. The summed E-state index contributed by atoms with van der Waals surface area (Å²) in [5.74, 6) is -0.579. The molecule has 0 saturated carbocycles. The van der Waals surface area contributed by atoms with Gasteiger partial charge in [0.05, 0.1) is 6.26 Å². The molecule has 0 heterocycles. The molecule has 0 amide bonds. The SMILES string of the molecule is C=COC(=O)CCCCC(=O)O[C@H](C)c1ccccc1. The molecule has 0 saturated heterocycles. The van der Waals surface area contributed by atoms with E-state index in [9.17, 15) is 9.59 Å². The zero-order valence-corrected chi connectivity index (χ0v) is 11.7. The molecule has 1 atom stereocenters. The summed E-state index contributed by atoms with van der Waals surface area (Å²) in [4.78, 5) is 22.7. The Kier molecular flexibility index (Phi) is 7.11. The normalized spacial score (nSPS) is 11.4. The average molecular weight is 276 g/mol. The smallest absolute Gasteiger partial charge is 0.310 e. The summed E-state index contributed by atoms with van der Waals surface area (Å²) < 4.78 is 9.90. The number of hydrogen-bond donors (Lipinski definition) is 0. The van der Waals surface area contributed by atoms with E-state index in [0.29, 0.717) is 19.3 Å². The van der Waals surface area contributed by atoms with E-state index in [0.717, 1.165) is 11.8 Å². The van der Waals surface area contributed by atoms with Crippen LogP contribution < -0.4 is 0 Å². The van der Waals surface area contributed by atoms with E-state index < -0.39 is 0 Å². The first-order chi connectivity index (χ1) is 9.63. The Labute approximate surface area is 119 Å². The lowest BCUT2D eigenvalue weighted by Crippen LogP contribution is -2.09. The maximum Gasteiger partial charge on any atom is 0.310 e. The van der Waals surface area contributed by atoms with Crippen molar-refractivity contribution < 1.29 is 19.1 Å². The van der Waals surface area contributed by atoms with Gasteiger partial charge in [-0.1, -0.05) is 36.9 Å². The van der Waals surface area contributed by atoms with E-state index in [1.807, 2.05) is 37.3 Å². The maximum atomic E-state index is 11.6. The molecule has 1 aromatic carbocycles. The van der Waals surface area contributed by atoms with Gasteiger partial charge in [-0.25, -0.2) is 0 Å². The second kappa shape index (κ2) is 8.91. The zero-order chi connectivity index (χ0) is 14.8. The molecule has 0 aliphatic heterocycles. The first-order valence-corrected chi connectivity index (χ1v) is 6.68. The van der Waals surface area contributed by atoms with Crippen molar-refractivity contribution in [3.8, 4) is 0 Å². The minimum atomic E-state index is -0.328. The molecule has 4 heteroatoms. The predicted octanol–water partition coefficient (Wildman–Crippen LogP) is 3.54. The molecule has 0 fully saturated rings. The summed E-state index contributed by atoms with van der Waals surface area (Å²) in [5.41, 5.74) is 0.968. The molecule has 1 aromatic rings. The van der Waals surface area contributed by atoms with Crippen LogP contribution >= 0.6 is 0 Å². The number of carbonyl (C=O) groups is 2. The maximum absolute atomic E-state index is 11.6. The molecule has 0 unspecified atom stereocenters. The Hall–Kier alpha value is -2.10. The second-order valence-electron chi connectivity index (χ2n) is 4.41. The van der Waals surface area contributed by atoms with E-state index in [1.54, 1.807) is 0 Å². The van der Waals surface area contributed by atoms with Crippen molar-refractivity contribution in [3.05, 3.63) is 48.7 Å². The van der Waals surface area contributed by atoms with Gasteiger partial charge in [0.15, 0.2) is 0 Å². The predicted molar refractivity (Wildman–Crippen MR) is 75.7 cm³/mol. The fourth-order valence-electron chi connectivity index (χ4n) is 1.74. The number of esters is 2. The summed E-state index contributed by atoms with van der Waals surface area (Å²) in [6.45, 7) is 5.14. The van der Waals surface area contributed by atoms with E-state index in [4.69, 9.17) is 4.74 Å². The topological polar surface area (TPSA) is 52.6 Å². The molecule has 0 radical (unpaired) electrons. The molecule has 0 spiro atoms. The molecule has 4 nitrogen and oxygen atoms in total. The molecule has 0 bridgehead atoms. The zero-order valence-electron chi connectivity index (χ0n) is 11.7. The lowest BCUT2D eigenvalue weighted by Gasteiger charge is -2.13. The third-order valence-electron chi connectivity index (χ3n) is 2.80. The van der Waals surface area contributed by atoms with Crippen LogP contribution in [0.3, 0.4) is 0 Å². The highest BCUT2D eigenvalue weighted by Gasteiger charge is 2.11. The van der Waals surface area contributed by atoms with Crippen molar-refractivity contribution >= 4 is 11.9 Å². The van der Waals surface area contributed by atoms with Crippen LogP contribution in [0.4, 0.5) is 0 Å². The van der Waals surface area contributed by atoms with Crippen LogP contribution in [0.5, 0.6) is 0 Å². The summed E-state index contributed by atoms with van der Waals surface area (Å²) in [7, 11) is 0. The number of rotatable bonds is 8. The lowest BCUT2D eigenvalue weighted by molar-refractivity contribution is -0.149. The van der Waals surface area contributed by atoms with E-state index in [1.165, 1.54) is 0 Å². The van der Waals surface area contributed by atoms with Gasteiger partial charge in [0.2, 0.25) is 0 Å². The van der Waals surface area contributed by atoms with Crippen molar-refractivity contribution in [2.24, 2.45) is 0 Å². The van der Waals surface area contributed by atoms with Crippen LogP contribution in [0.1, 0.15) is 44.3 Å². The number of benzene rings is 1. The minimum absolute atomic E-state index is 0.251. The van der Waals surface area contributed by atoms with Gasteiger partial charge in [-0.2, -0.15) is 0 Å². The fourth-order valence-corrected chi connectivity index (χ4v) is 1.74. The largest absolute Gasteiger partial charge is 0.458 e. The average Bonchev–Trinajstić information content (AvgIpc) is 2.45. The molecule has 1 rings (SSSR count). The molecule has 108 valence electrons. The van der Waals surface area contributed by atoms with Gasteiger partial charge in [-0.05, 0) is 25.3 Å². The summed E-state index contributed by atoms with van der Waals surface area (Å²) >= 11 is 0. The highest BCUT2D eigenvalue weighted by molar-refractivity contribution is 5.71. The second-order valence-corrected chi connectivity index (χ2v) is 4.41. The Morgan fingerprint density at radius 2 is 1.75 bits per heavy atom. The Balaban J connectivity index is 2.20. The molecule has 0 N–H and O–H groups in total. The first-order valence-electron chi connectivity index (χ1n) is 6.68. The monoisotopic (exact) mass is 276 g/mol. The Bertz CT molecular complexity index is 439. The summed E-state index contributed by atoms with van der Waals surface area (Å²) in [5, 5.41) is 0. The molecule has 20 heavy (non-hydrogen) atoms. The van der Waals surface area contributed by atoms with Crippen molar-refractivity contribution in [1.29, 1.82) is 0 Å². The van der Waals surface area contributed by atoms with Crippen LogP contribution in [0.2, 0.25) is 0 Å². The van der Waals surface area contributed by atoms with Crippen LogP contribution in [-0.2, 0) is 19.1 Å². The third-order valence-corrected chi connectivity index (χ3v) is 2.80. The van der Waals surface area contributed by atoms with Gasteiger partial charge in [-0.3, -0.25) is 9.59 Å². The third kappa shape index (κ3) is 6.18. The minimum Gasteiger partial charge on any atom is -0.458 e. The van der Waals surface area contributed by atoms with E-state index >= 15 is 0 Å². The molecular formula is C16H20O4. The standard InChI is InChI=1S/C16H20O4/c1-3-19-15(17)11-7-8-12-16(18)20-13(2)14-9-5-4-6-10-14/h3-6,9-10,13H,1,7-8,11-12H2,2H3/t13-/m1/s1. The quantitative estimate of drug-likeness (QED) is 0.414. The van der Waals surface area contributed by atoms with Gasteiger partial charge < -0.3 is 9.47 Å². The van der Waals surface area contributed by atoms with Gasteiger partial charge in [-0.15, -0.1) is 0 Å². The molecule has 0 aliphatic carbocycles. The number of carbonyl (C=O) groups excluding carboxylic acids is 2. The molecule has 0 aromatic heterocycles.